The number of amides is 2. The maximum Gasteiger partial charge on any atom is 0.236 e. The topological polar surface area (TPSA) is 47.1 Å². The minimum atomic E-state index is 0.105. The lowest BCUT2D eigenvalue weighted by molar-refractivity contribution is -0.139. The minimum Gasteiger partial charge on any atom is -0.339 e. The maximum atomic E-state index is 12.4. The van der Waals surface area contributed by atoms with Crippen LogP contribution < -0.4 is 0 Å². The Morgan fingerprint density at radius 3 is 1.82 bits per heavy atom. The monoisotopic (exact) mass is 310 g/mol. The summed E-state index contributed by atoms with van der Waals surface area (Å²) < 4.78 is 0. The third-order valence-electron chi connectivity index (χ3n) is 4.52. The Bertz CT molecular complexity index is 384. The number of rotatable bonds is 4. The van der Waals surface area contributed by atoms with Crippen LogP contribution in [0.3, 0.4) is 0 Å². The molecular weight excluding hydrogens is 280 g/mol. The van der Waals surface area contributed by atoms with E-state index in [2.05, 4.69) is 23.6 Å². The average molecular weight is 310 g/mol. The summed E-state index contributed by atoms with van der Waals surface area (Å²) in [5.74, 6) is 1.01. The summed E-state index contributed by atoms with van der Waals surface area (Å²) in [4.78, 5) is 32.1. The van der Waals surface area contributed by atoms with Gasteiger partial charge in [-0.1, -0.05) is 13.8 Å². The number of hydrogen-bond acceptors (Lipinski definition) is 4. The van der Waals surface area contributed by atoms with E-state index in [1.807, 2.05) is 9.80 Å². The van der Waals surface area contributed by atoms with E-state index in [1.165, 1.54) is 0 Å². The molecule has 0 aromatic heterocycles. The molecule has 0 unspecified atom stereocenters. The van der Waals surface area contributed by atoms with Gasteiger partial charge in [0.1, 0.15) is 0 Å². The number of carbonyl (C=O) groups excluding carboxylic acids is 2. The molecule has 0 aromatic rings. The minimum absolute atomic E-state index is 0.105. The predicted octanol–water partition coefficient (Wildman–Crippen LogP) is -0.0493. The molecule has 2 fully saturated rings. The Hall–Kier alpha value is -1.14. The second-order valence-corrected chi connectivity index (χ2v) is 6.86. The zero-order chi connectivity index (χ0) is 16.1. The summed E-state index contributed by atoms with van der Waals surface area (Å²) in [5.41, 5.74) is 0. The van der Waals surface area contributed by atoms with Crippen LogP contribution in [0.4, 0.5) is 0 Å². The molecule has 22 heavy (non-hydrogen) atoms. The number of carbonyl (C=O) groups is 2. The summed E-state index contributed by atoms with van der Waals surface area (Å²) in [6.45, 7) is 14.5. The lowest BCUT2D eigenvalue weighted by Gasteiger charge is -2.38. The average Bonchev–Trinajstić information content (AvgIpc) is 2.49. The van der Waals surface area contributed by atoms with Crippen molar-refractivity contribution in [3.05, 3.63) is 0 Å². The van der Waals surface area contributed by atoms with Crippen LogP contribution in [0.15, 0.2) is 0 Å². The van der Waals surface area contributed by atoms with E-state index in [4.69, 9.17) is 0 Å². The van der Waals surface area contributed by atoms with E-state index in [0.717, 1.165) is 32.7 Å². The van der Waals surface area contributed by atoms with Gasteiger partial charge in [0, 0.05) is 65.8 Å². The van der Waals surface area contributed by atoms with Gasteiger partial charge in [-0.05, 0) is 5.92 Å². The van der Waals surface area contributed by atoms with Crippen LogP contribution in [0.2, 0.25) is 0 Å². The van der Waals surface area contributed by atoms with Gasteiger partial charge in [0.15, 0.2) is 0 Å². The van der Waals surface area contributed by atoms with Crippen LogP contribution in [0.5, 0.6) is 0 Å². The van der Waals surface area contributed by atoms with E-state index in [0.29, 0.717) is 38.6 Å². The van der Waals surface area contributed by atoms with Crippen LogP contribution in [0.25, 0.3) is 0 Å². The highest BCUT2D eigenvalue weighted by molar-refractivity contribution is 5.79. The van der Waals surface area contributed by atoms with Crippen molar-refractivity contribution < 1.29 is 9.59 Å². The zero-order valence-electron chi connectivity index (χ0n) is 14.3. The lowest BCUT2D eigenvalue weighted by Crippen LogP contribution is -2.54. The first-order valence-electron chi connectivity index (χ1n) is 8.43. The highest BCUT2D eigenvalue weighted by Gasteiger charge is 2.25. The summed E-state index contributed by atoms with van der Waals surface area (Å²) in [5, 5.41) is 0. The van der Waals surface area contributed by atoms with Gasteiger partial charge < -0.3 is 14.7 Å². The van der Waals surface area contributed by atoms with E-state index < -0.39 is 0 Å². The highest BCUT2D eigenvalue weighted by atomic mass is 16.2. The molecule has 2 amide bonds. The van der Waals surface area contributed by atoms with Crippen LogP contribution in [-0.2, 0) is 9.59 Å². The molecule has 2 rings (SSSR count). The number of piperazine rings is 2. The van der Waals surface area contributed by atoms with Gasteiger partial charge in [0.25, 0.3) is 0 Å². The second kappa shape index (κ2) is 7.92. The van der Waals surface area contributed by atoms with Crippen molar-refractivity contribution >= 4 is 11.8 Å². The zero-order valence-corrected chi connectivity index (χ0v) is 14.3. The van der Waals surface area contributed by atoms with Gasteiger partial charge >= 0.3 is 0 Å². The molecule has 0 saturated carbocycles. The molecular formula is C16H30N4O2. The van der Waals surface area contributed by atoms with Crippen molar-refractivity contribution in [2.75, 3.05) is 65.4 Å². The molecule has 0 bridgehead atoms. The molecule has 0 N–H and O–H groups in total. The van der Waals surface area contributed by atoms with Crippen LogP contribution in [-0.4, -0.2) is 96.9 Å². The summed E-state index contributed by atoms with van der Waals surface area (Å²) in [6, 6.07) is 0. The smallest absolute Gasteiger partial charge is 0.236 e. The predicted molar refractivity (Wildman–Crippen MR) is 86.6 cm³/mol. The first-order chi connectivity index (χ1) is 10.5. The molecule has 2 heterocycles. The maximum absolute atomic E-state index is 12.4. The van der Waals surface area contributed by atoms with Crippen molar-refractivity contribution in [2.45, 2.75) is 20.8 Å². The molecule has 0 radical (unpaired) electrons. The normalized spacial score (nSPS) is 21.5. The Labute approximate surface area is 134 Å². The third-order valence-corrected chi connectivity index (χ3v) is 4.52. The van der Waals surface area contributed by atoms with Crippen LogP contribution in [0.1, 0.15) is 20.8 Å². The molecule has 6 nitrogen and oxygen atoms in total. The SMILES string of the molecule is CC(=O)N1CCN(C(=O)CN2CCN(CC(C)C)CC2)CC1. The fourth-order valence-electron chi connectivity index (χ4n) is 3.21. The standard InChI is InChI=1S/C16H30N4O2/c1-14(2)12-17-4-6-18(7-5-17)13-16(22)20-10-8-19(9-11-20)15(3)21/h14H,4-13H2,1-3H3. The summed E-state index contributed by atoms with van der Waals surface area (Å²) in [6.07, 6.45) is 0. The van der Waals surface area contributed by atoms with Gasteiger partial charge in [-0.15, -0.1) is 0 Å². The second-order valence-electron chi connectivity index (χ2n) is 6.86. The first kappa shape index (κ1) is 17.2. The van der Waals surface area contributed by atoms with Crippen LogP contribution in [0, 0.1) is 5.92 Å². The van der Waals surface area contributed by atoms with Crippen molar-refractivity contribution in [1.29, 1.82) is 0 Å². The van der Waals surface area contributed by atoms with E-state index in [9.17, 15) is 9.59 Å². The Balaban J connectivity index is 1.69. The summed E-state index contributed by atoms with van der Waals surface area (Å²) in [7, 11) is 0. The Morgan fingerprint density at radius 2 is 1.32 bits per heavy atom. The fraction of sp³-hybridized carbons (Fsp3) is 0.875. The Morgan fingerprint density at radius 1 is 0.818 bits per heavy atom. The van der Waals surface area contributed by atoms with E-state index in [-0.39, 0.29) is 11.8 Å². The molecule has 2 aliphatic rings. The highest BCUT2D eigenvalue weighted by Crippen LogP contribution is 2.07. The van der Waals surface area contributed by atoms with Crippen molar-refractivity contribution in [3.8, 4) is 0 Å². The molecule has 6 heteroatoms. The molecule has 126 valence electrons. The van der Waals surface area contributed by atoms with Crippen molar-refractivity contribution in [2.24, 2.45) is 5.92 Å². The largest absolute Gasteiger partial charge is 0.339 e. The van der Waals surface area contributed by atoms with Gasteiger partial charge in [-0.25, -0.2) is 0 Å². The molecule has 0 spiro atoms. The molecule has 2 saturated heterocycles. The fourth-order valence-corrected chi connectivity index (χ4v) is 3.21. The van der Waals surface area contributed by atoms with E-state index >= 15 is 0 Å². The molecule has 0 aliphatic carbocycles. The van der Waals surface area contributed by atoms with Gasteiger partial charge in [0.2, 0.25) is 11.8 Å². The third kappa shape index (κ3) is 4.95. The van der Waals surface area contributed by atoms with Gasteiger partial charge in [0.05, 0.1) is 6.54 Å². The van der Waals surface area contributed by atoms with Gasteiger partial charge in [-0.2, -0.15) is 0 Å². The number of hydrogen-bond donors (Lipinski definition) is 0. The molecule has 0 aromatic carbocycles. The van der Waals surface area contributed by atoms with Crippen LogP contribution >= 0.6 is 0 Å². The quantitative estimate of drug-likeness (QED) is 0.730. The Kier molecular flexibility index (Phi) is 6.20. The first-order valence-corrected chi connectivity index (χ1v) is 8.43. The molecule has 2 aliphatic heterocycles. The van der Waals surface area contributed by atoms with Gasteiger partial charge in [-0.3, -0.25) is 14.5 Å². The van der Waals surface area contributed by atoms with E-state index in [1.54, 1.807) is 6.92 Å². The number of nitrogens with zero attached hydrogens (tertiary/aromatic N) is 4. The van der Waals surface area contributed by atoms with Crippen molar-refractivity contribution in [3.63, 3.8) is 0 Å². The summed E-state index contributed by atoms with van der Waals surface area (Å²) >= 11 is 0. The lowest BCUT2D eigenvalue weighted by atomic mass is 10.2. The van der Waals surface area contributed by atoms with Crippen molar-refractivity contribution in [1.82, 2.24) is 19.6 Å². The molecule has 0 atom stereocenters.